The van der Waals surface area contributed by atoms with Gasteiger partial charge >= 0.3 is 6.18 Å². The van der Waals surface area contributed by atoms with Gasteiger partial charge in [-0.15, -0.1) is 0 Å². The molecule has 0 atom stereocenters. The fourth-order valence-electron chi connectivity index (χ4n) is 1.23. The van der Waals surface area contributed by atoms with E-state index in [1.54, 1.807) is 0 Å². The Labute approximate surface area is 103 Å². The Kier molecular flexibility index (Phi) is 3.57. The average Bonchev–Trinajstić information content (AvgIpc) is 2.25. The maximum Gasteiger partial charge on any atom is 0.417 e. The highest BCUT2D eigenvalue weighted by atomic mass is 35.5. The number of alkyl halides is 3. The minimum atomic E-state index is -5.00. The zero-order chi connectivity index (χ0) is 14.1. The molecule has 0 unspecified atom stereocenters. The van der Waals surface area contributed by atoms with Gasteiger partial charge in [0.15, 0.2) is 0 Å². The van der Waals surface area contributed by atoms with E-state index in [9.17, 15) is 28.1 Å². The summed E-state index contributed by atoms with van der Waals surface area (Å²) in [5.74, 6) is 0. The second-order valence-electron chi connectivity index (χ2n) is 3.06. The van der Waals surface area contributed by atoms with Gasteiger partial charge in [-0.3, -0.25) is 14.9 Å². The van der Waals surface area contributed by atoms with Crippen LogP contribution in [0.25, 0.3) is 0 Å². The highest BCUT2D eigenvalue weighted by molar-refractivity contribution is 6.68. The summed E-state index contributed by atoms with van der Waals surface area (Å²) in [5, 5.41) is 17.7. The third kappa shape index (κ3) is 2.57. The molecule has 0 fully saturated rings. The molecule has 0 aromatic heterocycles. The molecule has 0 amide bonds. The molecule has 1 aromatic carbocycles. The summed E-state index contributed by atoms with van der Waals surface area (Å²) >= 11 is 5.01. The third-order valence-electron chi connectivity index (χ3n) is 1.96. The van der Waals surface area contributed by atoms with Crippen molar-refractivity contribution >= 4 is 22.5 Å². The summed E-state index contributed by atoms with van der Waals surface area (Å²) in [5.41, 5.74) is -4.41. The van der Waals surface area contributed by atoms with E-state index < -0.39 is 38.7 Å². The topological polar surface area (TPSA) is 84.0 Å². The van der Waals surface area contributed by atoms with Crippen molar-refractivity contribution in [3.05, 3.63) is 38.9 Å². The van der Waals surface area contributed by atoms with Crippen molar-refractivity contribution in [1.82, 2.24) is 0 Å². The number of non-ortho nitro benzene ring substituents is 1. The number of carbonyl (C=O) groups excluding carboxylic acids is 1. The van der Waals surface area contributed by atoms with Crippen LogP contribution in [-0.2, 0) is 6.18 Å². The van der Waals surface area contributed by atoms with Crippen molar-refractivity contribution in [2.75, 3.05) is 0 Å². The number of carbonyl (C=O) groups is 1. The first-order valence-corrected chi connectivity index (χ1v) is 4.56. The Morgan fingerprint density at radius 2 is 2.00 bits per heavy atom. The molecule has 0 bridgehead atoms. The van der Waals surface area contributed by atoms with Crippen LogP contribution in [0, 0.1) is 21.4 Å². The van der Waals surface area contributed by atoms with Gasteiger partial charge in [0, 0.05) is 12.1 Å². The van der Waals surface area contributed by atoms with Crippen LogP contribution in [0.1, 0.15) is 21.5 Å². The lowest BCUT2D eigenvalue weighted by molar-refractivity contribution is -0.385. The van der Waals surface area contributed by atoms with Crippen LogP contribution in [-0.4, -0.2) is 10.2 Å². The predicted molar refractivity (Wildman–Crippen MR) is 53.0 cm³/mol. The molecule has 18 heavy (non-hydrogen) atoms. The van der Waals surface area contributed by atoms with Crippen LogP contribution in [0.3, 0.4) is 0 Å². The predicted octanol–water partition coefficient (Wildman–Crippen LogP) is 2.86. The Morgan fingerprint density at radius 1 is 1.44 bits per heavy atom. The zero-order valence-electron chi connectivity index (χ0n) is 8.29. The fourth-order valence-corrected chi connectivity index (χ4v) is 1.38. The van der Waals surface area contributed by atoms with Crippen molar-refractivity contribution < 1.29 is 22.9 Å². The van der Waals surface area contributed by atoms with Crippen LogP contribution in [0.4, 0.5) is 18.9 Å². The molecule has 0 saturated heterocycles. The molecular weight excluding hydrogens is 277 g/mol. The molecular formula is C9H2ClF3N2O3. The van der Waals surface area contributed by atoms with Gasteiger partial charge in [-0.25, -0.2) is 0 Å². The number of hydrogen-bond donors (Lipinski definition) is 0. The summed E-state index contributed by atoms with van der Waals surface area (Å²) in [6, 6.07) is 1.88. The first-order valence-electron chi connectivity index (χ1n) is 4.18. The summed E-state index contributed by atoms with van der Waals surface area (Å²) < 4.78 is 37.8. The van der Waals surface area contributed by atoms with E-state index in [-0.39, 0.29) is 6.07 Å². The van der Waals surface area contributed by atoms with Gasteiger partial charge in [0.2, 0.25) is 0 Å². The average molecular weight is 279 g/mol. The minimum absolute atomic E-state index is 0.182. The fraction of sp³-hybridized carbons (Fsp3) is 0.111. The number of nitrogens with zero attached hydrogens (tertiary/aromatic N) is 2. The molecule has 94 valence electrons. The number of nitro benzene ring substituents is 1. The lowest BCUT2D eigenvalue weighted by atomic mass is 10.0. The monoisotopic (exact) mass is 278 g/mol. The van der Waals surface area contributed by atoms with Crippen LogP contribution < -0.4 is 0 Å². The second kappa shape index (κ2) is 4.62. The molecule has 0 aliphatic heterocycles. The van der Waals surface area contributed by atoms with Crippen LogP contribution in [0.5, 0.6) is 0 Å². The minimum Gasteiger partial charge on any atom is -0.276 e. The number of hydrogen-bond acceptors (Lipinski definition) is 4. The number of benzene rings is 1. The summed E-state index contributed by atoms with van der Waals surface area (Å²) in [6.45, 7) is 0. The zero-order valence-corrected chi connectivity index (χ0v) is 9.04. The molecule has 9 heteroatoms. The largest absolute Gasteiger partial charge is 0.417 e. The molecule has 5 nitrogen and oxygen atoms in total. The quantitative estimate of drug-likeness (QED) is 0.473. The first-order chi connectivity index (χ1) is 8.18. The van der Waals surface area contributed by atoms with E-state index in [4.69, 9.17) is 16.9 Å². The van der Waals surface area contributed by atoms with Crippen molar-refractivity contribution in [2.45, 2.75) is 6.18 Å². The molecule has 0 saturated carbocycles. The van der Waals surface area contributed by atoms with E-state index in [0.29, 0.717) is 6.07 Å². The van der Waals surface area contributed by atoms with Crippen molar-refractivity contribution in [3.63, 3.8) is 0 Å². The number of nitriles is 1. The Balaban J connectivity index is 3.74. The van der Waals surface area contributed by atoms with Crippen molar-refractivity contribution in [3.8, 4) is 6.07 Å². The number of halogens is 4. The van der Waals surface area contributed by atoms with Crippen LogP contribution in [0.2, 0.25) is 0 Å². The van der Waals surface area contributed by atoms with E-state index >= 15 is 0 Å². The number of nitro groups is 1. The van der Waals surface area contributed by atoms with Crippen LogP contribution in [0.15, 0.2) is 12.1 Å². The summed E-state index contributed by atoms with van der Waals surface area (Å²) in [4.78, 5) is 20.2. The normalized spacial score (nSPS) is 10.8. The van der Waals surface area contributed by atoms with Gasteiger partial charge in [0.25, 0.3) is 10.9 Å². The van der Waals surface area contributed by atoms with Gasteiger partial charge in [-0.1, -0.05) is 0 Å². The highest BCUT2D eigenvalue weighted by Gasteiger charge is 2.37. The molecule has 0 aliphatic rings. The molecule has 0 heterocycles. The molecule has 1 rings (SSSR count). The van der Waals surface area contributed by atoms with E-state index in [1.807, 2.05) is 0 Å². The Hall–Kier alpha value is -2.14. The van der Waals surface area contributed by atoms with E-state index in [1.165, 1.54) is 6.07 Å². The van der Waals surface area contributed by atoms with E-state index in [0.717, 1.165) is 0 Å². The number of rotatable bonds is 2. The third-order valence-corrected chi connectivity index (χ3v) is 2.17. The highest BCUT2D eigenvalue weighted by Crippen LogP contribution is 2.36. The summed E-state index contributed by atoms with van der Waals surface area (Å²) in [6.07, 6.45) is -5.00. The molecule has 0 aliphatic carbocycles. The van der Waals surface area contributed by atoms with Gasteiger partial charge in [0.05, 0.1) is 21.6 Å². The van der Waals surface area contributed by atoms with Gasteiger partial charge in [-0.2, -0.15) is 18.4 Å². The van der Waals surface area contributed by atoms with Crippen molar-refractivity contribution in [2.24, 2.45) is 0 Å². The van der Waals surface area contributed by atoms with Gasteiger partial charge < -0.3 is 0 Å². The first kappa shape index (κ1) is 13.9. The smallest absolute Gasteiger partial charge is 0.276 e. The van der Waals surface area contributed by atoms with Gasteiger partial charge in [0.1, 0.15) is 6.07 Å². The Bertz CT molecular complexity index is 578. The standard InChI is InChI=1S/C9H2ClF3N2O3/c10-8(16)5-1-4(15(17)18)2-7(6(5)3-14)9(11,12)13/h1-2H. The molecule has 0 radical (unpaired) electrons. The molecule has 0 N–H and O–H groups in total. The lowest BCUT2D eigenvalue weighted by Gasteiger charge is -2.10. The maximum atomic E-state index is 12.6. The van der Waals surface area contributed by atoms with Crippen molar-refractivity contribution in [1.29, 1.82) is 5.26 Å². The van der Waals surface area contributed by atoms with Crippen LogP contribution >= 0.6 is 11.6 Å². The van der Waals surface area contributed by atoms with Gasteiger partial charge in [-0.05, 0) is 11.6 Å². The molecule has 1 aromatic rings. The maximum absolute atomic E-state index is 12.6. The van der Waals surface area contributed by atoms with E-state index in [2.05, 4.69) is 0 Å². The SMILES string of the molecule is N#Cc1c(C(=O)Cl)cc([N+](=O)[O-])cc1C(F)(F)F. The lowest BCUT2D eigenvalue weighted by Crippen LogP contribution is -2.12. The molecule has 0 spiro atoms. The summed E-state index contributed by atoms with van der Waals surface area (Å²) in [7, 11) is 0. The second-order valence-corrected chi connectivity index (χ2v) is 3.40. The Morgan fingerprint density at radius 3 is 2.33 bits per heavy atom.